The summed E-state index contributed by atoms with van der Waals surface area (Å²) in [6.45, 7) is 1.09. The molecule has 0 aliphatic rings. The number of benzene rings is 2. The predicted octanol–water partition coefficient (Wildman–Crippen LogP) is 2.34. The summed E-state index contributed by atoms with van der Waals surface area (Å²) >= 11 is 0. The van der Waals surface area contributed by atoms with Crippen LogP contribution in [-0.2, 0) is 13.1 Å². The highest BCUT2D eigenvalue weighted by atomic mass is 19.1. The summed E-state index contributed by atoms with van der Waals surface area (Å²) in [6, 6.07) is 12.8. The molecular weight excluding hydrogens is 255 g/mol. The zero-order chi connectivity index (χ0) is 13.9. The highest BCUT2D eigenvalue weighted by Crippen LogP contribution is 2.15. The second-order valence-corrected chi connectivity index (χ2v) is 4.69. The summed E-state index contributed by atoms with van der Waals surface area (Å²) in [7, 11) is 1.87. The second-order valence-electron chi connectivity index (χ2n) is 4.69. The first-order valence-electron chi connectivity index (χ1n) is 6.48. The van der Waals surface area contributed by atoms with Crippen LogP contribution in [0.2, 0.25) is 0 Å². The predicted molar refractivity (Wildman–Crippen MR) is 75.8 cm³/mol. The number of nitrogens with one attached hydrogen (secondary N) is 1. The first kappa shape index (κ1) is 12.7. The van der Waals surface area contributed by atoms with Crippen LogP contribution in [0, 0.1) is 5.82 Å². The fourth-order valence-electron chi connectivity index (χ4n) is 2.26. The van der Waals surface area contributed by atoms with Gasteiger partial charge in [-0.25, -0.2) is 9.07 Å². The first-order chi connectivity index (χ1) is 9.78. The van der Waals surface area contributed by atoms with Gasteiger partial charge < -0.3 is 5.32 Å². The lowest BCUT2D eigenvalue weighted by Gasteiger charge is -2.07. The van der Waals surface area contributed by atoms with Crippen LogP contribution < -0.4 is 5.32 Å². The van der Waals surface area contributed by atoms with Gasteiger partial charge in [-0.1, -0.05) is 23.4 Å². The van der Waals surface area contributed by atoms with Crippen LogP contribution in [0.25, 0.3) is 11.0 Å². The van der Waals surface area contributed by atoms with Crippen molar-refractivity contribution in [2.24, 2.45) is 0 Å². The molecule has 0 spiro atoms. The summed E-state index contributed by atoms with van der Waals surface area (Å²) in [6.07, 6.45) is 0. The van der Waals surface area contributed by atoms with Crippen molar-refractivity contribution in [1.29, 1.82) is 0 Å². The standard InChI is InChI=1S/C15H15FN4/c1-17-9-11-6-7-13(16)12(8-11)10-20-15-5-3-2-4-14(15)18-19-20/h2-8,17H,9-10H2,1H3. The molecule has 2 aromatic carbocycles. The van der Waals surface area contributed by atoms with Crippen molar-refractivity contribution in [3.05, 3.63) is 59.4 Å². The minimum atomic E-state index is -0.218. The molecule has 0 aliphatic carbocycles. The van der Waals surface area contributed by atoms with Crippen LogP contribution in [0.4, 0.5) is 4.39 Å². The molecule has 102 valence electrons. The van der Waals surface area contributed by atoms with E-state index in [1.54, 1.807) is 10.7 Å². The lowest BCUT2D eigenvalue weighted by atomic mass is 10.1. The van der Waals surface area contributed by atoms with Crippen LogP contribution in [0.15, 0.2) is 42.5 Å². The van der Waals surface area contributed by atoms with Crippen molar-refractivity contribution in [3.63, 3.8) is 0 Å². The molecule has 3 aromatic rings. The molecular formula is C15H15FN4. The van der Waals surface area contributed by atoms with Crippen LogP contribution in [0.1, 0.15) is 11.1 Å². The van der Waals surface area contributed by atoms with E-state index >= 15 is 0 Å². The summed E-state index contributed by atoms with van der Waals surface area (Å²) < 4.78 is 15.6. The Morgan fingerprint density at radius 3 is 2.90 bits per heavy atom. The highest BCUT2D eigenvalue weighted by Gasteiger charge is 2.08. The topological polar surface area (TPSA) is 42.7 Å². The minimum absolute atomic E-state index is 0.218. The van der Waals surface area contributed by atoms with Gasteiger partial charge in [0, 0.05) is 12.1 Å². The zero-order valence-electron chi connectivity index (χ0n) is 11.2. The molecule has 0 unspecified atom stereocenters. The summed E-state index contributed by atoms with van der Waals surface area (Å²) in [4.78, 5) is 0. The van der Waals surface area contributed by atoms with Crippen LogP contribution >= 0.6 is 0 Å². The van der Waals surface area contributed by atoms with E-state index < -0.39 is 0 Å². The van der Waals surface area contributed by atoms with Crippen LogP contribution in [-0.4, -0.2) is 22.0 Å². The maximum absolute atomic E-state index is 13.9. The maximum atomic E-state index is 13.9. The molecule has 0 atom stereocenters. The van der Waals surface area contributed by atoms with Gasteiger partial charge in [-0.3, -0.25) is 0 Å². The van der Waals surface area contributed by atoms with Gasteiger partial charge in [-0.2, -0.15) is 0 Å². The van der Waals surface area contributed by atoms with Gasteiger partial charge >= 0.3 is 0 Å². The number of halogens is 1. The first-order valence-corrected chi connectivity index (χ1v) is 6.48. The van der Waals surface area contributed by atoms with Crippen molar-refractivity contribution >= 4 is 11.0 Å². The van der Waals surface area contributed by atoms with E-state index in [4.69, 9.17) is 0 Å². The molecule has 0 fully saturated rings. The van der Waals surface area contributed by atoms with Crippen molar-refractivity contribution in [2.75, 3.05) is 7.05 Å². The average Bonchev–Trinajstić information content (AvgIpc) is 2.86. The van der Waals surface area contributed by atoms with Crippen LogP contribution in [0.3, 0.4) is 0 Å². The average molecular weight is 270 g/mol. The summed E-state index contributed by atoms with van der Waals surface area (Å²) in [5.74, 6) is -0.218. The van der Waals surface area contributed by atoms with Gasteiger partial charge in [0.1, 0.15) is 11.3 Å². The molecule has 1 N–H and O–H groups in total. The fraction of sp³-hybridized carbons (Fsp3) is 0.200. The van der Waals surface area contributed by atoms with E-state index in [0.717, 1.165) is 16.6 Å². The molecule has 0 saturated heterocycles. The molecule has 0 bridgehead atoms. The van der Waals surface area contributed by atoms with Crippen molar-refractivity contribution < 1.29 is 4.39 Å². The Kier molecular flexibility index (Phi) is 3.43. The van der Waals surface area contributed by atoms with E-state index in [2.05, 4.69) is 15.6 Å². The molecule has 1 aromatic heterocycles. The lowest BCUT2D eigenvalue weighted by Crippen LogP contribution is -2.08. The molecule has 0 amide bonds. The number of rotatable bonds is 4. The normalized spacial score (nSPS) is 11.1. The number of hydrogen-bond donors (Lipinski definition) is 1. The van der Waals surface area contributed by atoms with E-state index in [-0.39, 0.29) is 5.82 Å². The SMILES string of the molecule is CNCc1ccc(F)c(Cn2nnc3ccccc32)c1. The van der Waals surface area contributed by atoms with Crippen LogP contribution in [0.5, 0.6) is 0 Å². The molecule has 20 heavy (non-hydrogen) atoms. The number of fused-ring (bicyclic) bond motifs is 1. The molecule has 0 radical (unpaired) electrons. The molecule has 0 saturated carbocycles. The summed E-state index contributed by atoms with van der Waals surface area (Å²) in [5, 5.41) is 11.2. The summed E-state index contributed by atoms with van der Waals surface area (Å²) in [5.41, 5.74) is 3.40. The Morgan fingerprint density at radius 1 is 1.20 bits per heavy atom. The Labute approximate surface area is 116 Å². The van der Waals surface area contributed by atoms with Crippen molar-refractivity contribution in [2.45, 2.75) is 13.1 Å². The van der Waals surface area contributed by atoms with Gasteiger partial charge in [0.2, 0.25) is 0 Å². The van der Waals surface area contributed by atoms with E-state index in [1.807, 2.05) is 37.4 Å². The molecule has 3 rings (SSSR count). The monoisotopic (exact) mass is 270 g/mol. The smallest absolute Gasteiger partial charge is 0.128 e. The molecule has 4 nitrogen and oxygen atoms in total. The Bertz CT molecular complexity index is 736. The van der Waals surface area contributed by atoms with Gasteiger partial charge in [0.25, 0.3) is 0 Å². The van der Waals surface area contributed by atoms with E-state index in [0.29, 0.717) is 18.7 Å². The van der Waals surface area contributed by atoms with E-state index in [1.165, 1.54) is 6.07 Å². The van der Waals surface area contributed by atoms with Crippen molar-refractivity contribution in [1.82, 2.24) is 20.3 Å². The fourth-order valence-corrected chi connectivity index (χ4v) is 2.26. The number of nitrogens with zero attached hydrogens (tertiary/aromatic N) is 3. The maximum Gasteiger partial charge on any atom is 0.128 e. The van der Waals surface area contributed by atoms with Gasteiger partial charge in [0.15, 0.2) is 0 Å². The van der Waals surface area contributed by atoms with Gasteiger partial charge in [-0.15, -0.1) is 5.10 Å². The van der Waals surface area contributed by atoms with E-state index in [9.17, 15) is 4.39 Å². The third-order valence-electron chi connectivity index (χ3n) is 3.23. The Morgan fingerprint density at radius 2 is 2.05 bits per heavy atom. The minimum Gasteiger partial charge on any atom is -0.316 e. The van der Waals surface area contributed by atoms with Crippen molar-refractivity contribution in [3.8, 4) is 0 Å². The number of aromatic nitrogens is 3. The Balaban J connectivity index is 1.96. The molecule has 5 heteroatoms. The second kappa shape index (κ2) is 5.38. The number of para-hydroxylation sites is 1. The quantitative estimate of drug-likeness (QED) is 0.791. The third kappa shape index (κ3) is 2.40. The third-order valence-corrected chi connectivity index (χ3v) is 3.23. The highest BCUT2D eigenvalue weighted by molar-refractivity contribution is 5.73. The largest absolute Gasteiger partial charge is 0.316 e. The Hall–Kier alpha value is -2.27. The molecule has 0 aliphatic heterocycles. The molecule has 1 heterocycles. The number of hydrogen-bond acceptors (Lipinski definition) is 3. The van der Waals surface area contributed by atoms with Gasteiger partial charge in [0.05, 0.1) is 12.1 Å². The van der Waals surface area contributed by atoms with Gasteiger partial charge in [-0.05, 0) is 36.9 Å². The lowest BCUT2D eigenvalue weighted by molar-refractivity contribution is 0.581. The zero-order valence-corrected chi connectivity index (χ0v) is 11.2.